The molecule has 2 aromatic rings. The molecule has 0 aliphatic carbocycles. The molecule has 4 rings (SSSR count). The average molecular weight is 526 g/mol. The maximum Gasteiger partial charge on any atom is 0.304 e. The second-order valence-corrected chi connectivity index (χ2v) is 15.5. The Balaban J connectivity index is 1.46. The summed E-state index contributed by atoms with van der Waals surface area (Å²) in [5.41, 5.74) is 2.25. The SMILES string of the molecule is COc1ccc([Si](C)(C)[C@@H]2[C@@H](C)[C@@H](CCc3cccc(N4C(=O)CC4OC(C)=O)c3)O[C@H]2CCO)cc1. The minimum absolute atomic E-state index is 0.0308. The van der Waals surface area contributed by atoms with Crippen LogP contribution in [0.15, 0.2) is 48.5 Å². The van der Waals surface area contributed by atoms with Gasteiger partial charge in [0.1, 0.15) is 5.75 Å². The predicted octanol–water partition coefficient (Wildman–Crippen LogP) is 4.03. The van der Waals surface area contributed by atoms with Crippen LogP contribution >= 0.6 is 0 Å². The van der Waals surface area contributed by atoms with E-state index >= 15 is 0 Å². The molecule has 1 amide bonds. The maximum atomic E-state index is 12.2. The van der Waals surface area contributed by atoms with Crippen LogP contribution in [0.25, 0.3) is 0 Å². The van der Waals surface area contributed by atoms with Gasteiger partial charge in [-0.25, -0.2) is 0 Å². The van der Waals surface area contributed by atoms with Crippen LogP contribution in [0.1, 0.15) is 38.7 Å². The number of aliphatic hydroxyl groups is 1. The van der Waals surface area contributed by atoms with E-state index in [-0.39, 0.29) is 37.1 Å². The van der Waals surface area contributed by atoms with Crippen LogP contribution in [0.2, 0.25) is 18.6 Å². The molecule has 1 unspecified atom stereocenters. The van der Waals surface area contributed by atoms with Gasteiger partial charge in [-0.1, -0.05) is 49.5 Å². The first-order valence-electron chi connectivity index (χ1n) is 13.1. The molecule has 2 aliphatic rings. The predicted molar refractivity (Wildman–Crippen MR) is 146 cm³/mol. The number of hydrogen-bond donors (Lipinski definition) is 1. The smallest absolute Gasteiger partial charge is 0.304 e. The highest BCUT2D eigenvalue weighted by atomic mass is 28.3. The van der Waals surface area contributed by atoms with E-state index < -0.39 is 14.3 Å². The van der Waals surface area contributed by atoms with Crippen molar-refractivity contribution in [3.8, 4) is 5.75 Å². The molecule has 2 aromatic carbocycles. The van der Waals surface area contributed by atoms with Gasteiger partial charge in [-0.05, 0) is 60.6 Å². The van der Waals surface area contributed by atoms with E-state index in [0.717, 1.165) is 29.8 Å². The van der Waals surface area contributed by atoms with Gasteiger partial charge in [0.2, 0.25) is 5.91 Å². The van der Waals surface area contributed by atoms with Gasteiger partial charge in [0, 0.05) is 19.2 Å². The Kier molecular flexibility index (Phi) is 8.41. The summed E-state index contributed by atoms with van der Waals surface area (Å²) in [6.45, 7) is 8.57. The standard InChI is InChI=1S/C29H39NO6Si/c1-19-25(14-9-21-7-6-8-22(17-21)30-27(33)18-28(30)35-20(2)32)36-26(15-16-31)29(19)37(4,5)24-12-10-23(34-3)11-13-24/h6-8,10-13,17,19,25-26,28-29,31H,9,14-16,18H2,1-5H3/t19-,25+,26-,28?,29+/m0/s1. The fourth-order valence-corrected chi connectivity index (χ4v) is 10.3. The van der Waals surface area contributed by atoms with Crippen LogP contribution in [-0.2, 0) is 25.5 Å². The molecule has 2 aliphatic heterocycles. The van der Waals surface area contributed by atoms with E-state index in [9.17, 15) is 14.7 Å². The fraction of sp³-hybridized carbons (Fsp3) is 0.517. The van der Waals surface area contributed by atoms with Crippen LogP contribution in [-0.4, -0.2) is 57.2 Å². The Labute approximate surface area is 220 Å². The molecule has 2 fully saturated rings. The highest BCUT2D eigenvalue weighted by molar-refractivity contribution is 6.91. The van der Waals surface area contributed by atoms with Gasteiger partial charge in [-0.2, -0.15) is 0 Å². The summed E-state index contributed by atoms with van der Waals surface area (Å²) in [5, 5.41) is 11.2. The topological polar surface area (TPSA) is 85.3 Å². The van der Waals surface area contributed by atoms with Gasteiger partial charge in [0.05, 0.1) is 33.8 Å². The first-order chi connectivity index (χ1) is 17.6. The number of anilines is 1. The number of aryl methyl sites for hydroxylation is 1. The summed E-state index contributed by atoms with van der Waals surface area (Å²) in [7, 11) is -0.241. The molecule has 0 radical (unpaired) electrons. The van der Waals surface area contributed by atoms with Crippen molar-refractivity contribution in [1.82, 2.24) is 0 Å². The summed E-state index contributed by atoms with van der Waals surface area (Å²) in [4.78, 5) is 25.1. The lowest BCUT2D eigenvalue weighted by Gasteiger charge is -2.39. The normalized spacial score (nSPS) is 25.6. The van der Waals surface area contributed by atoms with E-state index in [1.54, 1.807) is 12.0 Å². The highest BCUT2D eigenvalue weighted by Crippen LogP contribution is 2.46. The quantitative estimate of drug-likeness (QED) is 0.287. The van der Waals surface area contributed by atoms with Crippen LogP contribution in [0.3, 0.4) is 0 Å². The lowest BCUT2D eigenvalue weighted by atomic mass is 9.95. The molecule has 2 heterocycles. The zero-order chi connectivity index (χ0) is 26.7. The molecule has 200 valence electrons. The van der Waals surface area contributed by atoms with Crippen molar-refractivity contribution in [1.29, 1.82) is 0 Å². The van der Waals surface area contributed by atoms with Gasteiger partial charge in [0.15, 0.2) is 6.23 Å². The first kappa shape index (κ1) is 27.4. The molecular weight excluding hydrogens is 486 g/mol. The van der Waals surface area contributed by atoms with Crippen molar-refractivity contribution < 1.29 is 28.9 Å². The number of amides is 1. The van der Waals surface area contributed by atoms with Gasteiger partial charge in [0.25, 0.3) is 0 Å². The Morgan fingerprint density at radius 2 is 1.86 bits per heavy atom. The number of hydrogen-bond acceptors (Lipinski definition) is 6. The Morgan fingerprint density at radius 1 is 1.14 bits per heavy atom. The zero-order valence-corrected chi connectivity index (χ0v) is 23.5. The number of esters is 1. The second kappa shape index (κ2) is 11.4. The third-order valence-corrected chi connectivity index (χ3v) is 12.5. The van der Waals surface area contributed by atoms with Crippen molar-refractivity contribution in [2.24, 2.45) is 5.92 Å². The van der Waals surface area contributed by atoms with Crippen LogP contribution in [0.5, 0.6) is 5.75 Å². The maximum absolute atomic E-state index is 12.2. The first-order valence-corrected chi connectivity index (χ1v) is 16.2. The third kappa shape index (κ3) is 5.76. The fourth-order valence-electron chi connectivity index (χ4n) is 6.20. The van der Waals surface area contributed by atoms with E-state index in [1.807, 2.05) is 30.3 Å². The molecule has 8 heteroatoms. The molecule has 0 bridgehead atoms. The number of β-lactam (4-membered cyclic amide) rings is 1. The number of carbonyl (C=O) groups is 2. The van der Waals surface area contributed by atoms with E-state index in [0.29, 0.717) is 17.9 Å². The summed E-state index contributed by atoms with van der Waals surface area (Å²) >= 11 is 0. The molecule has 2 saturated heterocycles. The third-order valence-electron chi connectivity index (χ3n) is 8.10. The number of rotatable bonds is 10. The van der Waals surface area contributed by atoms with E-state index in [2.05, 4.69) is 38.2 Å². The Morgan fingerprint density at radius 3 is 2.49 bits per heavy atom. The van der Waals surface area contributed by atoms with Gasteiger partial charge < -0.3 is 19.3 Å². The van der Waals surface area contributed by atoms with Crippen molar-refractivity contribution >= 4 is 30.8 Å². The molecule has 0 spiro atoms. The second-order valence-electron chi connectivity index (χ2n) is 10.8. The number of benzene rings is 2. The number of ether oxygens (including phenoxy) is 3. The van der Waals surface area contributed by atoms with E-state index in [4.69, 9.17) is 14.2 Å². The number of carbonyl (C=O) groups excluding carboxylic acids is 2. The monoisotopic (exact) mass is 525 g/mol. The van der Waals surface area contributed by atoms with E-state index in [1.165, 1.54) is 12.1 Å². The summed E-state index contributed by atoms with van der Waals surface area (Å²) in [5.74, 6) is 0.778. The van der Waals surface area contributed by atoms with Crippen molar-refractivity contribution in [3.05, 3.63) is 54.1 Å². The van der Waals surface area contributed by atoms with Gasteiger partial charge in [-0.15, -0.1) is 0 Å². The molecule has 0 saturated carbocycles. The molecule has 0 aromatic heterocycles. The summed E-state index contributed by atoms with van der Waals surface area (Å²) < 4.78 is 17.2. The lowest BCUT2D eigenvalue weighted by molar-refractivity contribution is -0.153. The molecule has 7 nitrogen and oxygen atoms in total. The largest absolute Gasteiger partial charge is 0.497 e. The number of nitrogens with zero attached hydrogens (tertiary/aromatic N) is 1. The molecule has 5 atom stereocenters. The molecule has 1 N–H and O–H groups in total. The Hall–Kier alpha value is -2.68. The van der Waals surface area contributed by atoms with Gasteiger partial charge in [-0.3, -0.25) is 14.5 Å². The Bertz CT molecular complexity index is 1100. The minimum Gasteiger partial charge on any atom is -0.497 e. The van der Waals surface area contributed by atoms with Gasteiger partial charge >= 0.3 is 5.97 Å². The molecular formula is C29H39NO6Si. The minimum atomic E-state index is -1.92. The van der Waals surface area contributed by atoms with Crippen molar-refractivity contribution in [3.63, 3.8) is 0 Å². The summed E-state index contributed by atoms with van der Waals surface area (Å²) in [6.07, 6.45) is 2.13. The van der Waals surface area contributed by atoms with Crippen LogP contribution < -0.4 is 14.8 Å². The number of aliphatic hydroxyl groups excluding tert-OH is 1. The summed E-state index contributed by atoms with van der Waals surface area (Å²) in [6, 6.07) is 16.3. The van der Waals surface area contributed by atoms with Crippen molar-refractivity contribution in [2.75, 3.05) is 18.6 Å². The zero-order valence-electron chi connectivity index (χ0n) is 22.5. The van der Waals surface area contributed by atoms with Crippen LogP contribution in [0, 0.1) is 5.92 Å². The van der Waals surface area contributed by atoms with Crippen LogP contribution in [0.4, 0.5) is 5.69 Å². The highest BCUT2D eigenvalue weighted by Gasteiger charge is 2.50. The number of methoxy groups -OCH3 is 1. The average Bonchev–Trinajstić information content (AvgIpc) is 3.18. The lowest BCUT2D eigenvalue weighted by Crippen LogP contribution is -2.54. The van der Waals surface area contributed by atoms with Crippen molar-refractivity contribution in [2.45, 2.75) is 76.6 Å². The molecule has 37 heavy (non-hydrogen) atoms.